The quantitative estimate of drug-likeness (QED) is 0.460. The first-order valence-corrected chi connectivity index (χ1v) is 7.61. The third-order valence-electron chi connectivity index (χ3n) is 4.01. The number of hydrogen-bond donors (Lipinski definition) is 0. The van der Waals surface area contributed by atoms with E-state index in [1.807, 2.05) is 6.08 Å². The van der Waals surface area contributed by atoms with Crippen molar-refractivity contribution in [3.63, 3.8) is 0 Å². The average molecular weight is 268 g/mol. The molecule has 0 spiro atoms. The second-order valence-corrected chi connectivity index (χ2v) is 6.32. The van der Waals surface area contributed by atoms with Crippen LogP contribution in [-0.4, -0.2) is 6.16 Å². The molecule has 0 saturated carbocycles. The molecule has 0 bridgehead atoms. The summed E-state index contributed by atoms with van der Waals surface area (Å²) in [4.78, 5) is 0. The molecule has 1 aliphatic rings. The molecule has 0 aromatic heterocycles. The average Bonchev–Trinajstić information content (AvgIpc) is 2.65. The number of rotatable bonds is 5. The van der Waals surface area contributed by atoms with Gasteiger partial charge in [-0.15, -0.1) is 9.24 Å². The summed E-state index contributed by atoms with van der Waals surface area (Å²) in [5.74, 6) is 0.206. The van der Waals surface area contributed by atoms with Crippen LogP contribution >= 0.6 is 9.24 Å². The highest BCUT2D eigenvalue weighted by Gasteiger charge is 2.32. The highest BCUT2D eigenvalue weighted by molar-refractivity contribution is 7.16. The minimum absolute atomic E-state index is 0.0234. The predicted octanol–water partition coefficient (Wildman–Crippen LogP) is 5.43. The van der Waals surface area contributed by atoms with E-state index < -0.39 is 0 Å². The summed E-state index contributed by atoms with van der Waals surface area (Å²) in [6.07, 6.45) is 6.60. The zero-order valence-electron chi connectivity index (χ0n) is 12.3. The van der Waals surface area contributed by atoms with Gasteiger partial charge in [-0.1, -0.05) is 44.9 Å². The van der Waals surface area contributed by atoms with Crippen LogP contribution in [0.25, 0.3) is 0 Å². The molecule has 0 N–H and O–H groups in total. The number of halogens is 1. The molecule has 2 unspecified atom stereocenters. The van der Waals surface area contributed by atoms with Gasteiger partial charge in [0.1, 0.15) is 5.83 Å². The highest BCUT2D eigenvalue weighted by atomic mass is 31.0. The van der Waals surface area contributed by atoms with Crippen LogP contribution < -0.4 is 0 Å². The van der Waals surface area contributed by atoms with Gasteiger partial charge in [-0.3, -0.25) is 0 Å². The maximum absolute atomic E-state index is 13.9. The van der Waals surface area contributed by atoms with Gasteiger partial charge < -0.3 is 0 Å². The monoisotopic (exact) mass is 268 g/mol. The van der Waals surface area contributed by atoms with Crippen molar-refractivity contribution in [3.05, 3.63) is 34.7 Å². The van der Waals surface area contributed by atoms with E-state index in [4.69, 9.17) is 0 Å². The number of allylic oxidation sites excluding steroid dienone is 6. The summed E-state index contributed by atoms with van der Waals surface area (Å²) in [6.45, 7) is 10.8. The molecule has 0 aromatic rings. The van der Waals surface area contributed by atoms with Crippen molar-refractivity contribution in [1.82, 2.24) is 0 Å². The van der Waals surface area contributed by atoms with E-state index in [-0.39, 0.29) is 17.2 Å². The number of hydrogen-bond acceptors (Lipinski definition) is 0. The summed E-state index contributed by atoms with van der Waals surface area (Å²) < 4.78 is 13.9. The van der Waals surface area contributed by atoms with Gasteiger partial charge in [0, 0.05) is 0 Å². The zero-order valence-corrected chi connectivity index (χ0v) is 13.5. The Hall–Kier alpha value is -0.420. The minimum Gasteiger partial charge on any atom is -0.207 e. The fraction of sp³-hybridized carbons (Fsp3) is 0.625. The van der Waals surface area contributed by atoms with Crippen LogP contribution in [0.5, 0.6) is 0 Å². The third kappa shape index (κ3) is 3.32. The molecule has 2 heteroatoms. The molecule has 0 nitrogen and oxygen atoms in total. The van der Waals surface area contributed by atoms with Gasteiger partial charge in [0.25, 0.3) is 0 Å². The van der Waals surface area contributed by atoms with Crippen molar-refractivity contribution in [2.45, 2.75) is 47.5 Å². The van der Waals surface area contributed by atoms with Crippen molar-refractivity contribution < 1.29 is 4.39 Å². The maximum atomic E-state index is 13.9. The molecule has 1 aliphatic carbocycles. The molecule has 0 aliphatic heterocycles. The normalized spacial score (nSPS) is 21.6. The van der Waals surface area contributed by atoms with E-state index in [0.717, 1.165) is 24.6 Å². The third-order valence-corrected chi connectivity index (χ3v) is 4.50. The Balaban J connectivity index is 2.99. The van der Waals surface area contributed by atoms with Gasteiger partial charge >= 0.3 is 0 Å². The Morgan fingerprint density at radius 1 is 1.44 bits per heavy atom. The fourth-order valence-electron chi connectivity index (χ4n) is 2.85. The lowest BCUT2D eigenvalue weighted by atomic mass is 9.74. The van der Waals surface area contributed by atoms with E-state index in [9.17, 15) is 4.39 Å². The molecular formula is C16H26FP. The molecule has 0 radical (unpaired) electrons. The van der Waals surface area contributed by atoms with Crippen molar-refractivity contribution in [2.75, 3.05) is 6.16 Å². The molecule has 1 rings (SSSR count). The van der Waals surface area contributed by atoms with Crippen molar-refractivity contribution >= 4 is 9.24 Å². The van der Waals surface area contributed by atoms with Gasteiger partial charge in [-0.2, -0.15) is 0 Å². The summed E-state index contributed by atoms with van der Waals surface area (Å²) in [7, 11) is 2.81. The Labute approximate surface area is 114 Å². The summed E-state index contributed by atoms with van der Waals surface area (Å²) in [6, 6.07) is 0. The van der Waals surface area contributed by atoms with Crippen LogP contribution in [0, 0.1) is 11.3 Å². The second-order valence-electron chi connectivity index (χ2n) is 5.91. The van der Waals surface area contributed by atoms with Crippen LogP contribution in [0.2, 0.25) is 0 Å². The van der Waals surface area contributed by atoms with E-state index in [2.05, 4.69) is 43.9 Å². The SMILES string of the molecule is CC/C(C)=C(\CP)CC(C)(C)C1=C(F)C=CC1C. The van der Waals surface area contributed by atoms with Gasteiger partial charge in [0.15, 0.2) is 0 Å². The minimum atomic E-state index is -0.102. The van der Waals surface area contributed by atoms with Crippen molar-refractivity contribution in [2.24, 2.45) is 11.3 Å². The summed E-state index contributed by atoms with van der Waals surface area (Å²) >= 11 is 0. The van der Waals surface area contributed by atoms with Crippen LogP contribution in [0.3, 0.4) is 0 Å². The molecule has 0 fully saturated rings. The summed E-state index contributed by atoms with van der Waals surface area (Å²) in [5.41, 5.74) is 3.75. The second kappa shape index (κ2) is 6.15. The molecule has 18 heavy (non-hydrogen) atoms. The van der Waals surface area contributed by atoms with Crippen LogP contribution in [0.1, 0.15) is 47.5 Å². The first-order valence-electron chi connectivity index (χ1n) is 6.79. The van der Waals surface area contributed by atoms with E-state index in [0.29, 0.717) is 0 Å². The molecule has 0 saturated heterocycles. The van der Waals surface area contributed by atoms with Gasteiger partial charge in [0.05, 0.1) is 0 Å². The Bertz CT molecular complexity index is 399. The molecule has 0 aromatic carbocycles. The van der Waals surface area contributed by atoms with E-state index in [1.54, 1.807) is 6.08 Å². The van der Waals surface area contributed by atoms with Gasteiger partial charge in [0.2, 0.25) is 0 Å². The summed E-state index contributed by atoms with van der Waals surface area (Å²) in [5, 5.41) is 0. The predicted molar refractivity (Wildman–Crippen MR) is 82.4 cm³/mol. The largest absolute Gasteiger partial charge is 0.207 e. The Morgan fingerprint density at radius 2 is 2.06 bits per heavy atom. The first kappa shape index (κ1) is 15.6. The zero-order chi connectivity index (χ0) is 13.9. The fourth-order valence-corrected chi connectivity index (χ4v) is 3.34. The maximum Gasteiger partial charge on any atom is 0.123 e. The smallest absolute Gasteiger partial charge is 0.123 e. The molecule has 0 heterocycles. The van der Waals surface area contributed by atoms with Crippen molar-refractivity contribution in [3.8, 4) is 0 Å². The van der Waals surface area contributed by atoms with E-state index >= 15 is 0 Å². The van der Waals surface area contributed by atoms with Gasteiger partial charge in [-0.25, -0.2) is 4.39 Å². The van der Waals surface area contributed by atoms with Crippen LogP contribution in [0.4, 0.5) is 4.39 Å². The van der Waals surface area contributed by atoms with Gasteiger partial charge in [-0.05, 0) is 48.9 Å². The lowest BCUT2D eigenvalue weighted by Crippen LogP contribution is -2.20. The highest BCUT2D eigenvalue weighted by Crippen LogP contribution is 2.44. The van der Waals surface area contributed by atoms with Crippen LogP contribution in [-0.2, 0) is 0 Å². The Kier molecular flexibility index (Phi) is 5.34. The first-order chi connectivity index (χ1) is 8.33. The van der Waals surface area contributed by atoms with Crippen LogP contribution in [0.15, 0.2) is 34.7 Å². The van der Waals surface area contributed by atoms with Crippen molar-refractivity contribution in [1.29, 1.82) is 0 Å². The topological polar surface area (TPSA) is 0 Å². The molecule has 0 amide bonds. The standard InChI is InChI=1S/C16H26FP/c1-6-11(2)13(10-18)9-16(4,5)15-12(3)7-8-14(15)17/h7-8,12H,6,9-10,18H2,1-5H3/b13-11-. The Morgan fingerprint density at radius 3 is 2.44 bits per heavy atom. The molecule has 102 valence electrons. The van der Waals surface area contributed by atoms with E-state index in [1.165, 1.54) is 11.1 Å². The molecule has 2 atom stereocenters. The lowest BCUT2D eigenvalue weighted by Gasteiger charge is -2.31. The lowest BCUT2D eigenvalue weighted by molar-refractivity contribution is 0.396. The molecular weight excluding hydrogens is 242 g/mol.